The first-order valence-electron chi connectivity index (χ1n) is 14.2. The molecule has 1 aliphatic heterocycles. The molecule has 1 heterocycles. The lowest BCUT2D eigenvalue weighted by Crippen LogP contribution is -2.44. The SMILES string of the molecule is COCCCC[C@@](O)(c1ccccc1-c1cccc(F)c1)C1CCCNC1.Fc1cccc(-c2ccccc2Br)c1. The maximum absolute atomic E-state index is 13.8. The number of rotatable bonds is 9. The Bertz CT molecular complexity index is 1390. The van der Waals surface area contributed by atoms with Gasteiger partial charge >= 0.3 is 0 Å². The Kier molecular flexibility index (Phi) is 11.6. The van der Waals surface area contributed by atoms with E-state index in [1.807, 2.05) is 60.7 Å². The van der Waals surface area contributed by atoms with Crippen LogP contribution < -0.4 is 5.32 Å². The van der Waals surface area contributed by atoms with Crippen LogP contribution in [0.25, 0.3) is 22.3 Å². The Balaban J connectivity index is 0.000000231. The highest BCUT2D eigenvalue weighted by molar-refractivity contribution is 9.10. The van der Waals surface area contributed by atoms with Crippen molar-refractivity contribution in [2.45, 2.75) is 37.7 Å². The van der Waals surface area contributed by atoms with Crippen LogP contribution in [0.3, 0.4) is 0 Å². The second-order valence-corrected chi connectivity index (χ2v) is 11.3. The van der Waals surface area contributed by atoms with E-state index in [1.165, 1.54) is 18.2 Å². The molecule has 0 saturated carbocycles. The fraction of sp³-hybridized carbons (Fsp3) is 0.314. The average Bonchev–Trinajstić information content (AvgIpc) is 3.00. The smallest absolute Gasteiger partial charge is 0.123 e. The second-order valence-electron chi connectivity index (χ2n) is 10.5. The van der Waals surface area contributed by atoms with E-state index in [2.05, 4.69) is 21.2 Å². The summed E-state index contributed by atoms with van der Waals surface area (Å²) in [5.74, 6) is -0.327. The monoisotopic (exact) mass is 621 g/mol. The largest absolute Gasteiger partial charge is 0.385 e. The Labute approximate surface area is 250 Å². The molecule has 0 aliphatic carbocycles. The van der Waals surface area contributed by atoms with E-state index in [9.17, 15) is 13.9 Å². The third-order valence-electron chi connectivity index (χ3n) is 7.67. The van der Waals surface area contributed by atoms with Crippen molar-refractivity contribution in [2.75, 3.05) is 26.8 Å². The molecule has 0 aromatic heterocycles. The first-order valence-corrected chi connectivity index (χ1v) is 15.0. The number of unbranched alkanes of at least 4 members (excludes halogenated alkanes) is 1. The number of methoxy groups -OCH3 is 1. The molecule has 3 nitrogen and oxygen atoms in total. The van der Waals surface area contributed by atoms with Gasteiger partial charge in [-0.2, -0.15) is 0 Å². The van der Waals surface area contributed by atoms with Crippen LogP contribution in [-0.4, -0.2) is 31.9 Å². The molecule has 4 aromatic carbocycles. The minimum Gasteiger partial charge on any atom is -0.385 e. The van der Waals surface area contributed by atoms with Crippen molar-refractivity contribution in [3.63, 3.8) is 0 Å². The average molecular weight is 623 g/mol. The predicted octanol–water partition coefficient (Wildman–Crippen LogP) is 8.75. The van der Waals surface area contributed by atoms with Crippen molar-refractivity contribution >= 4 is 15.9 Å². The number of hydrogen-bond acceptors (Lipinski definition) is 3. The maximum atomic E-state index is 13.8. The molecule has 41 heavy (non-hydrogen) atoms. The number of benzene rings is 4. The van der Waals surface area contributed by atoms with E-state index in [0.717, 1.165) is 71.1 Å². The van der Waals surface area contributed by atoms with E-state index < -0.39 is 5.60 Å². The first kappa shape index (κ1) is 31.0. The molecule has 0 amide bonds. The molecule has 1 fully saturated rings. The molecule has 6 heteroatoms. The van der Waals surface area contributed by atoms with Gasteiger partial charge in [-0.05, 0) is 96.8 Å². The fourth-order valence-corrected chi connectivity index (χ4v) is 6.09. The van der Waals surface area contributed by atoms with Gasteiger partial charge in [0.05, 0.1) is 5.60 Å². The van der Waals surface area contributed by atoms with Gasteiger partial charge in [0.1, 0.15) is 11.6 Å². The van der Waals surface area contributed by atoms with E-state index in [0.29, 0.717) is 13.0 Å². The zero-order chi connectivity index (χ0) is 29.1. The molecule has 1 aliphatic rings. The van der Waals surface area contributed by atoms with Gasteiger partial charge < -0.3 is 15.2 Å². The molecular formula is C35H38BrF2NO2. The van der Waals surface area contributed by atoms with Gasteiger partial charge in [-0.25, -0.2) is 8.78 Å². The molecular weight excluding hydrogens is 584 g/mol. The third kappa shape index (κ3) is 8.32. The van der Waals surface area contributed by atoms with Crippen molar-refractivity contribution in [1.29, 1.82) is 0 Å². The summed E-state index contributed by atoms with van der Waals surface area (Å²) in [6.07, 6.45) is 4.53. The van der Waals surface area contributed by atoms with E-state index in [-0.39, 0.29) is 17.6 Å². The minimum absolute atomic E-state index is 0.142. The van der Waals surface area contributed by atoms with Gasteiger partial charge in [-0.15, -0.1) is 0 Å². The number of aliphatic hydroxyl groups is 1. The highest BCUT2D eigenvalue weighted by Crippen LogP contribution is 2.42. The molecule has 1 saturated heterocycles. The molecule has 2 N–H and O–H groups in total. The molecule has 216 valence electrons. The normalized spacial score (nSPS) is 16.4. The van der Waals surface area contributed by atoms with Crippen LogP contribution in [0.4, 0.5) is 8.78 Å². The van der Waals surface area contributed by atoms with Crippen molar-refractivity contribution < 1.29 is 18.6 Å². The van der Waals surface area contributed by atoms with Gasteiger partial charge in [0, 0.05) is 30.7 Å². The summed E-state index contributed by atoms with van der Waals surface area (Å²) in [5, 5.41) is 15.4. The lowest BCUT2D eigenvalue weighted by atomic mass is 9.72. The second kappa shape index (κ2) is 15.4. The molecule has 1 unspecified atom stereocenters. The molecule has 0 bridgehead atoms. The Morgan fingerprint density at radius 1 is 0.854 bits per heavy atom. The zero-order valence-electron chi connectivity index (χ0n) is 23.5. The maximum Gasteiger partial charge on any atom is 0.123 e. The Morgan fingerprint density at radius 3 is 2.10 bits per heavy atom. The summed E-state index contributed by atoms with van der Waals surface area (Å²) in [5.41, 5.74) is 3.58. The van der Waals surface area contributed by atoms with Gasteiger partial charge in [-0.3, -0.25) is 0 Å². The molecule has 0 radical (unpaired) electrons. The Hall–Kier alpha value is -2.90. The van der Waals surface area contributed by atoms with Gasteiger partial charge in [0.25, 0.3) is 0 Å². The number of ether oxygens (including phenoxy) is 1. The van der Waals surface area contributed by atoms with Crippen LogP contribution >= 0.6 is 15.9 Å². The summed E-state index contributed by atoms with van der Waals surface area (Å²) < 4.78 is 33.0. The van der Waals surface area contributed by atoms with Crippen LogP contribution in [0.2, 0.25) is 0 Å². The van der Waals surface area contributed by atoms with Crippen LogP contribution in [0.5, 0.6) is 0 Å². The van der Waals surface area contributed by atoms with Crippen LogP contribution in [-0.2, 0) is 10.3 Å². The predicted molar refractivity (Wildman–Crippen MR) is 167 cm³/mol. The van der Waals surface area contributed by atoms with E-state index in [4.69, 9.17) is 4.74 Å². The third-order valence-corrected chi connectivity index (χ3v) is 8.36. The zero-order valence-corrected chi connectivity index (χ0v) is 25.0. The van der Waals surface area contributed by atoms with Gasteiger partial charge in [-0.1, -0.05) is 82.7 Å². The summed E-state index contributed by atoms with van der Waals surface area (Å²) in [4.78, 5) is 0. The molecule has 2 atom stereocenters. The number of hydrogen-bond donors (Lipinski definition) is 2. The fourth-order valence-electron chi connectivity index (χ4n) is 5.58. The number of piperidine rings is 1. The summed E-state index contributed by atoms with van der Waals surface area (Å²) >= 11 is 3.44. The van der Waals surface area contributed by atoms with E-state index >= 15 is 0 Å². The molecule has 0 spiro atoms. The van der Waals surface area contributed by atoms with Crippen LogP contribution in [0.15, 0.2) is 102 Å². The quantitative estimate of drug-likeness (QED) is 0.184. The van der Waals surface area contributed by atoms with Crippen molar-refractivity contribution in [1.82, 2.24) is 5.32 Å². The van der Waals surface area contributed by atoms with Gasteiger partial charge in [0.2, 0.25) is 0 Å². The van der Waals surface area contributed by atoms with Gasteiger partial charge in [0.15, 0.2) is 0 Å². The van der Waals surface area contributed by atoms with Crippen molar-refractivity contribution in [2.24, 2.45) is 5.92 Å². The number of halogens is 3. The summed E-state index contributed by atoms with van der Waals surface area (Å²) in [6, 6.07) is 28.9. The van der Waals surface area contributed by atoms with Crippen molar-refractivity contribution in [3.8, 4) is 22.3 Å². The lowest BCUT2D eigenvalue weighted by Gasteiger charge is -2.40. The molecule has 4 aromatic rings. The highest BCUT2D eigenvalue weighted by Gasteiger charge is 2.40. The van der Waals surface area contributed by atoms with E-state index in [1.54, 1.807) is 25.3 Å². The van der Waals surface area contributed by atoms with Crippen LogP contribution in [0, 0.1) is 17.6 Å². The van der Waals surface area contributed by atoms with Crippen molar-refractivity contribution in [3.05, 3.63) is 119 Å². The summed E-state index contributed by atoms with van der Waals surface area (Å²) in [6.45, 7) is 2.50. The standard InChI is InChI=1S/C23H30FNO2.C12H8BrF/c1-27-15-5-4-13-23(26,19-9-7-14-25-17-19)22-12-3-2-11-21(22)18-8-6-10-20(24)16-18;13-12-7-2-1-6-11(12)9-4-3-5-10(14)8-9/h2-3,6,8,10-12,16,19,25-26H,4-5,7,9,13-15,17H2,1H3;1-8H/t19?,23-;/m0./s1. The number of nitrogens with one attached hydrogen (secondary N) is 1. The highest BCUT2D eigenvalue weighted by atomic mass is 79.9. The van der Waals surface area contributed by atoms with Crippen LogP contribution in [0.1, 0.15) is 37.7 Å². The minimum atomic E-state index is -0.940. The first-order chi connectivity index (χ1) is 19.9. The lowest BCUT2D eigenvalue weighted by molar-refractivity contribution is -0.0429. The Morgan fingerprint density at radius 2 is 1.49 bits per heavy atom. The summed E-state index contributed by atoms with van der Waals surface area (Å²) in [7, 11) is 1.70. The topological polar surface area (TPSA) is 41.5 Å². The molecule has 5 rings (SSSR count).